The molecule has 2 heterocycles. The van der Waals surface area contributed by atoms with Gasteiger partial charge in [0.1, 0.15) is 0 Å². The van der Waals surface area contributed by atoms with Crippen LogP contribution in [0.3, 0.4) is 0 Å². The molecule has 2 fully saturated rings. The van der Waals surface area contributed by atoms with E-state index >= 15 is 0 Å². The van der Waals surface area contributed by atoms with E-state index in [1.165, 1.54) is 0 Å². The molecule has 0 spiro atoms. The molecule has 0 unspecified atom stereocenters. The van der Waals surface area contributed by atoms with Gasteiger partial charge in [0.25, 0.3) is 0 Å². The summed E-state index contributed by atoms with van der Waals surface area (Å²) in [6.07, 6.45) is 2.17. The molecule has 2 saturated heterocycles. The second-order valence-electron chi connectivity index (χ2n) is 4.64. The van der Waals surface area contributed by atoms with Crippen molar-refractivity contribution in [2.75, 3.05) is 46.6 Å². The van der Waals surface area contributed by atoms with E-state index in [0.717, 1.165) is 52.4 Å². The smallest absolute Gasteiger partial charge is 0.217 e. The molecule has 0 radical (unpaired) electrons. The van der Waals surface area contributed by atoms with Crippen molar-refractivity contribution in [3.63, 3.8) is 0 Å². The molecule has 2 amide bonds. The van der Waals surface area contributed by atoms with E-state index in [4.69, 9.17) is 14.3 Å². The number of rotatable bonds is 1. The first-order valence-corrected chi connectivity index (χ1v) is 7.86. The van der Waals surface area contributed by atoms with Gasteiger partial charge in [-0.15, -0.1) is 0 Å². The lowest BCUT2D eigenvalue weighted by molar-refractivity contribution is -0.120. The maximum Gasteiger partial charge on any atom is 0.217 e. The monoisotopic (exact) mass is 319 g/mol. The zero-order valence-corrected chi connectivity index (χ0v) is 14.5. The maximum atomic E-state index is 10.6. The number of likely N-dealkylation sites (N-methyl/N-ethyl adjacent to an activating group) is 1. The molecule has 2 aliphatic heterocycles. The molecule has 2 aliphatic rings. The Morgan fingerprint density at radius 3 is 1.86 bits per heavy atom. The third-order valence-electron chi connectivity index (χ3n) is 2.86. The molecule has 0 aromatic heterocycles. The molecule has 2 rings (SSSR count). The summed E-state index contributed by atoms with van der Waals surface area (Å²) in [7, 11) is 2.11. The summed E-state index contributed by atoms with van der Waals surface area (Å²) in [5.41, 5.74) is 4.17. The average molecular weight is 319 g/mol. The summed E-state index contributed by atoms with van der Waals surface area (Å²) in [6, 6.07) is 0.353. The van der Waals surface area contributed by atoms with Crippen LogP contribution in [0.15, 0.2) is 0 Å². The summed E-state index contributed by atoms with van der Waals surface area (Å²) in [5, 5.41) is 2.86. The summed E-state index contributed by atoms with van der Waals surface area (Å²) in [4.78, 5) is 21.4. The van der Waals surface area contributed by atoms with Crippen LogP contribution >= 0.6 is 0 Å². The molecule has 22 heavy (non-hydrogen) atoms. The largest absolute Gasteiger partial charge is 0.381 e. The SMILES string of the molecule is CC.CC(=O)NC1CCOCC1.CN1CCOCC1.NC=O. The first-order chi connectivity index (χ1) is 10.6. The van der Waals surface area contributed by atoms with Gasteiger partial charge in [0, 0.05) is 39.3 Å². The lowest BCUT2D eigenvalue weighted by atomic mass is 10.1. The van der Waals surface area contributed by atoms with Crippen molar-refractivity contribution >= 4 is 12.3 Å². The number of primary amides is 1. The van der Waals surface area contributed by atoms with E-state index in [0.29, 0.717) is 6.04 Å². The summed E-state index contributed by atoms with van der Waals surface area (Å²) in [6.45, 7) is 11.1. The Bertz CT molecular complexity index is 253. The van der Waals surface area contributed by atoms with Gasteiger partial charge in [-0.25, -0.2) is 0 Å². The maximum absolute atomic E-state index is 10.6. The normalized spacial score (nSPS) is 18.2. The van der Waals surface area contributed by atoms with Gasteiger partial charge in [-0.2, -0.15) is 0 Å². The molecule has 0 saturated carbocycles. The van der Waals surface area contributed by atoms with Gasteiger partial charge in [-0.3, -0.25) is 9.59 Å². The van der Waals surface area contributed by atoms with Crippen molar-refractivity contribution in [2.45, 2.75) is 39.7 Å². The number of hydrogen-bond acceptors (Lipinski definition) is 5. The third-order valence-corrected chi connectivity index (χ3v) is 2.86. The Morgan fingerprint density at radius 1 is 1.14 bits per heavy atom. The molecular weight excluding hydrogens is 286 g/mol. The highest BCUT2D eigenvalue weighted by Crippen LogP contribution is 2.05. The van der Waals surface area contributed by atoms with Crippen molar-refractivity contribution in [3.05, 3.63) is 0 Å². The highest BCUT2D eigenvalue weighted by Gasteiger charge is 2.13. The molecule has 0 atom stereocenters. The van der Waals surface area contributed by atoms with Crippen LogP contribution in [0.1, 0.15) is 33.6 Å². The van der Waals surface area contributed by atoms with E-state index in [9.17, 15) is 4.79 Å². The topological polar surface area (TPSA) is 93.9 Å². The standard InChI is InChI=1S/C7H13NO2.C5H11NO.C2H6.CH3NO/c1-6(9)8-7-2-4-10-5-3-7;1-6-2-4-7-5-3-6;1-2;2-1-3/h7H,2-5H2,1H3,(H,8,9);2-5H2,1H3;1-2H3;1H,(H2,2,3). The summed E-state index contributed by atoms with van der Waals surface area (Å²) >= 11 is 0. The number of nitrogens with two attached hydrogens (primary N) is 1. The Labute approximate surface area is 134 Å². The molecule has 7 nitrogen and oxygen atoms in total. The van der Waals surface area contributed by atoms with Gasteiger partial charge >= 0.3 is 0 Å². The van der Waals surface area contributed by atoms with Crippen molar-refractivity contribution in [2.24, 2.45) is 5.73 Å². The molecular formula is C15H33N3O4. The van der Waals surface area contributed by atoms with Crippen molar-refractivity contribution < 1.29 is 19.1 Å². The number of carbonyl (C=O) groups is 2. The number of hydrogen-bond donors (Lipinski definition) is 2. The molecule has 0 aromatic rings. The first kappa shape index (κ1) is 23.1. The van der Waals surface area contributed by atoms with Crippen LogP contribution in [0.5, 0.6) is 0 Å². The summed E-state index contributed by atoms with van der Waals surface area (Å²) < 4.78 is 10.2. The van der Waals surface area contributed by atoms with Gasteiger partial charge in [-0.1, -0.05) is 13.8 Å². The lowest BCUT2D eigenvalue weighted by Crippen LogP contribution is -2.37. The van der Waals surface area contributed by atoms with E-state index < -0.39 is 0 Å². The number of amides is 2. The number of nitrogens with zero attached hydrogens (tertiary/aromatic N) is 1. The number of morpholine rings is 1. The molecule has 0 aromatic carbocycles. The van der Waals surface area contributed by atoms with Crippen molar-refractivity contribution in [1.29, 1.82) is 0 Å². The van der Waals surface area contributed by atoms with Crippen LogP contribution in [0.2, 0.25) is 0 Å². The molecule has 0 aliphatic carbocycles. The van der Waals surface area contributed by atoms with Gasteiger partial charge in [-0.05, 0) is 19.9 Å². The van der Waals surface area contributed by atoms with Gasteiger partial charge < -0.3 is 25.4 Å². The number of carbonyl (C=O) groups excluding carboxylic acids is 2. The number of nitrogens with one attached hydrogen (secondary N) is 1. The Kier molecular flexibility index (Phi) is 18.8. The zero-order chi connectivity index (χ0) is 17.2. The first-order valence-electron chi connectivity index (χ1n) is 7.86. The second kappa shape index (κ2) is 17.9. The van der Waals surface area contributed by atoms with Crippen LogP contribution in [-0.2, 0) is 19.1 Å². The third kappa shape index (κ3) is 16.9. The zero-order valence-electron chi connectivity index (χ0n) is 14.5. The Morgan fingerprint density at radius 2 is 1.55 bits per heavy atom. The minimum Gasteiger partial charge on any atom is -0.381 e. The van der Waals surface area contributed by atoms with E-state index in [1.54, 1.807) is 6.92 Å². The van der Waals surface area contributed by atoms with Gasteiger partial charge in [0.15, 0.2) is 0 Å². The van der Waals surface area contributed by atoms with Crippen LogP contribution in [0, 0.1) is 0 Å². The molecule has 7 heteroatoms. The van der Waals surface area contributed by atoms with E-state index in [2.05, 4.69) is 23.0 Å². The molecule has 132 valence electrons. The fourth-order valence-electron chi connectivity index (χ4n) is 1.78. The quantitative estimate of drug-likeness (QED) is 0.681. The van der Waals surface area contributed by atoms with Crippen LogP contribution in [-0.4, -0.2) is 69.8 Å². The Hall–Kier alpha value is -1.18. The van der Waals surface area contributed by atoms with Crippen molar-refractivity contribution in [3.8, 4) is 0 Å². The van der Waals surface area contributed by atoms with Crippen molar-refractivity contribution in [1.82, 2.24) is 10.2 Å². The van der Waals surface area contributed by atoms with E-state index in [-0.39, 0.29) is 12.3 Å². The lowest BCUT2D eigenvalue weighted by Gasteiger charge is -2.22. The second-order valence-corrected chi connectivity index (χ2v) is 4.64. The van der Waals surface area contributed by atoms with Crippen LogP contribution in [0.4, 0.5) is 0 Å². The number of ether oxygens (including phenoxy) is 2. The summed E-state index contributed by atoms with van der Waals surface area (Å²) in [5.74, 6) is 0.0619. The van der Waals surface area contributed by atoms with Crippen LogP contribution < -0.4 is 11.1 Å². The highest BCUT2D eigenvalue weighted by atomic mass is 16.5. The minimum atomic E-state index is 0.0619. The predicted molar refractivity (Wildman–Crippen MR) is 87.6 cm³/mol. The molecule has 3 N–H and O–H groups in total. The highest BCUT2D eigenvalue weighted by molar-refractivity contribution is 5.73. The van der Waals surface area contributed by atoms with Gasteiger partial charge in [0.05, 0.1) is 13.2 Å². The minimum absolute atomic E-state index is 0.0619. The van der Waals surface area contributed by atoms with Gasteiger partial charge in [0.2, 0.25) is 12.3 Å². The predicted octanol–water partition coefficient (Wildman–Crippen LogP) is 0.378. The fraction of sp³-hybridized carbons (Fsp3) is 0.867. The Balaban J connectivity index is 0. The van der Waals surface area contributed by atoms with E-state index in [1.807, 2.05) is 13.8 Å². The average Bonchev–Trinajstić information content (AvgIpc) is 2.52. The fourth-order valence-corrected chi connectivity index (χ4v) is 1.78. The van der Waals surface area contributed by atoms with Crippen LogP contribution in [0.25, 0.3) is 0 Å². The molecule has 0 bridgehead atoms.